The van der Waals surface area contributed by atoms with Gasteiger partial charge >= 0.3 is 5.97 Å². The molecule has 4 rings (SSSR count). The normalized spacial score (nSPS) is 10.5. The molecular formula is C25H22N4O4S. The van der Waals surface area contributed by atoms with Gasteiger partial charge in [0, 0.05) is 24.5 Å². The standard InChI is InChI=1S/C25H22N4O4S/c1-26-24(31)18-9-11-19(12-10-18)27-22(30)16-33-25(32)20-15-29(14-17-6-3-2-4-7-17)28-23(20)21-8-5-13-34-21/h2-13,15H,14,16H2,1H3,(H,26,31)(H,27,30). The van der Waals surface area contributed by atoms with E-state index in [1.165, 1.54) is 11.3 Å². The number of ether oxygens (including phenoxy) is 1. The second-order valence-corrected chi connectivity index (χ2v) is 8.28. The second-order valence-electron chi connectivity index (χ2n) is 7.33. The zero-order valence-electron chi connectivity index (χ0n) is 18.4. The number of nitrogens with one attached hydrogen (secondary N) is 2. The number of esters is 1. The molecule has 0 bridgehead atoms. The number of rotatable bonds is 8. The van der Waals surface area contributed by atoms with Gasteiger partial charge in [-0.15, -0.1) is 11.3 Å². The molecule has 2 aromatic heterocycles. The summed E-state index contributed by atoms with van der Waals surface area (Å²) in [5.41, 5.74) is 2.82. The minimum atomic E-state index is -0.632. The van der Waals surface area contributed by atoms with E-state index in [0.29, 0.717) is 29.1 Å². The highest BCUT2D eigenvalue weighted by atomic mass is 32.1. The van der Waals surface area contributed by atoms with Gasteiger partial charge in [-0.3, -0.25) is 14.3 Å². The van der Waals surface area contributed by atoms with Crippen LogP contribution in [0, 0.1) is 0 Å². The van der Waals surface area contributed by atoms with E-state index < -0.39 is 18.5 Å². The highest BCUT2D eigenvalue weighted by molar-refractivity contribution is 7.13. The van der Waals surface area contributed by atoms with Crippen molar-refractivity contribution in [3.8, 4) is 10.6 Å². The van der Waals surface area contributed by atoms with Crippen LogP contribution < -0.4 is 10.6 Å². The van der Waals surface area contributed by atoms with Gasteiger partial charge in [0.05, 0.1) is 11.4 Å². The zero-order chi connectivity index (χ0) is 23.9. The molecular weight excluding hydrogens is 452 g/mol. The Morgan fingerprint density at radius 1 is 1.00 bits per heavy atom. The van der Waals surface area contributed by atoms with E-state index in [1.807, 2.05) is 47.8 Å². The van der Waals surface area contributed by atoms with Crippen molar-refractivity contribution in [3.05, 3.63) is 95.0 Å². The molecule has 4 aromatic rings. The SMILES string of the molecule is CNC(=O)c1ccc(NC(=O)COC(=O)c2cn(Cc3ccccc3)nc2-c2cccs2)cc1. The fourth-order valence-electron chi connectivity index (χ4n) is 3.27. The van der Waals surface area contributed by atoms with Crippen molar-refractivity contribution >= 4 is 34.8 Å². The molecule has 9 heteroatoms. The third-order valence-electron chi connectivity index (χ3n) is 4.92. The van der Waals surface area contributed by atoms with Crippen LogP contribution in [0.4, 0.5) is 5.69 Å². The Labute approximate surface area is 200 Å². The van der Waals surface area contributed by atoms with Crippen LogP contribution in [0.25, 0.3) is 10.6 Å². The van der Waals surface area contributed by atoms with Gasteiger partial charge in [-0.1, -0.05) is 36.4 Å². The molecule has 0 fully saturated rings. The van der Waals surface area contributed by atoms with Crippen LogP contribution in [-0.4, -0.2) is 41.2 Å². The number of carbonyl (C=O) groups excluding carboxylic acids is 3. The molecule has 0 saturated carbocycles. The van der Waals surface area contributed by atoms with E-state index >= 15 is 0 Å². The van der Waals surface area contributed by atoms with Crippen LogP contribution in [0.15, 0.2) is 78.3 Å². The second kappa shape index (κ2) is 10.6. The van der Waals surface area contributed by atoms with Gasteiger partial charge in [-0.05, 0) is 41.3 Å². The highest BCUT2D eigenvalue weighted by Gasteiger charge is 2.21. The number of thiophene rings is 1. The predicted octanol–water partition coefficient (Wildman–Crippen LogP) is 3.82. The first-order valence-electron chi connectivity index (χ1n) is 10.5. The largest absolute Gasteiger partial charge is 0.452 e. The number of carbonyl (C=O) groups is 3. The van der Waals surface area contributed by atoms with Crippen LogP contribution in [0.1, 0.15) is 26.3 Å². The van der Waals surface area contributed by atoms with Crippen LogP contribution in [0.2, 0.25) is 0 Å². The molecule has 0 radical (unpaired) electrons. The molecule has 0 aliphatic carbocycles. The monoisotopic (exact) mass is 474 g/mol. The summed E-state index contributed by atoms with van der Waals surface area (Å²) < 4.78 is 6.97. The number of benzene rings is 2. The van der Waals surface area contributed by atoms with Crippen molar-refractivity contribution in [1.29, 1.82) is 0 Å². The lowest BCUT2D eigenvalue weighted by Gasteiger charge is -2.07. The number of amides is 2. The van der Waals surface area contributed by atoms with Gasteiger partial charge in [-0.2, -0.15) is 5.10 Å². The summed E-state index contributed by atoms with van der Waals surface area (Å²) in [5.74, 6) is -1.34. The predicted molar refractivity (Wildman–Crippen MR) is 130 cm³/mol. The quantitative estimate of drug-likeness (QED) is 0.378. The maximum absolute atomic E-state index is 12.8. The third kappa shape index (κ3) is 5.57. The average molecular weight is 475 g/mol. The molecule has 2 aromatic carbocycles. The van der Waals surface area contributed by atoms with Crippen molar-refractivity contribution in [2.45, 2.75) is 6.54 Å². The van der Waals surface area contributed by atoms with Crippen molar-refractivity contribution in [2.24, 2.45) is 0 Å². The molecule has 0 saturated heterocycles. The zero-order valence-corrected chi connectivity index (χ0v) is 19.2. The highest BCUT2D eigenvalue weighted by Crippen LogP contribution is 2.27. The van der Waals surface area contributed by atoms with E-state index in [9.17, 15) is 14.4 Å². The molecule has 2 heterocycles. The Morgan fingerprint density at radius 2 is 1.76 bits per heavy atom. The van der Waals surface area contributed by atoms with E-state index in [4.69, 9.17) is 4.74 Å². The molecule has 0 aliphatic rings. The minimum Gasteiger partial charge on any atom is -0.452 e. The first kappa shape index (κ1) is 22.9. The fraction of sp³-hybridized carbons (Fsp3) is 0.120. The summed E-state index contributed by atoms with van der Waals surface area (Å²) in [6.45, 7) is 0.0445. The van der Waals surface area contributed by atoms with Gasteiger partial charge < -0.3 is 15.4 Å². The maximum atomic E-state index is 12.8. The summed E-state index contributed by atoms with van der Waals surface area (Å²) in [6, 6.07) is 19.9. The Bertz CT molecular complexity index is 1280. The average Bonchev–Trinajstić information content (AvgIpc) is 3.53. The lowest BCUT2D eigenvalue weighted by Crippen LogP contribution is -2.21. The van der Waals surface area contributed by atoms with Crippen LogP contribution in [0.5, 0.6) is 0 Å². The molecule has 0 spiro atoms. The lowest BCUT2D eigenvalue weighted by molar-refractivity contribution is -0.119. The first-order chi connectivity index (χ1) is 16.5. The number of aromatic nitrogens is 2. The summed E-state index contributed by atoms with van der Waals surface area (Å²) in [7, 11) is 1.54. The van der Waals surface area contributed by atoms with Gasteiger partial charge in [0.2, 0.25) is 0 Å². The Balaban J connectivity index is 1.42. The smallest absolute Gasteiger partial charge is 0.342 e. The van der Waals surface area contributed by atoms with Gasteiger partial charge in [0.25, 0.3) is 11.8 Å². The Kier molecular flexibility index (Phi) is 7.14. The topological polar surface area (TPSA) is 102 Å². The van der Waals surface area contributed by atoms with Crippen LogP contribution in [0.3, 0.4) is 0 Å². The number of hydrogen-bond donors (Lipinski definition) is 2. The molecule has 0 aliphatic heterocycles. The lowest BCUT2D eigenvalue weighted by atomic mass is 10.2. The summed E-state index contributed by atoms with van der Waals surface area (Å²) in [4.78, 5) is 37.6. The fourth-order valence-corrected chi connectivity index (χ4v) is 4.00. The van der Waals surface area contributed by atoms with Crippen molar-refractivity contribution in [1.82, 2.24) is 15.1 Å². The van der Waals surface area contributed by atoms with Crippen LogP contribution in [-0.2, 0) is 16.1 Å². The molecule has 8 nitrogen and oxygen atoms in total. The van der Waals surface area contributed by atoms with Crippen molar-refractivity contribution in [2.75, 3.05) is 19.0 Å². The summed E-state index contributed by atoms with van der Waals surface area (Å²) in [5, 5.41) is 11.7. The van der Waals surface area contributed by atoms with Gasteiger partial charge in [0.1, 0.15) is 11.3 Å². The van der Waals surface area contributed by atoms with E-state index in [1.54, 1.807) is 42.2 Å². The Hall–Kier alpha value is -4.24. The van der Waals surface area contributed by atoms with Gasteiger partial charge in [0.15, 0.2) is 6.61 Å². The van der Waals surface area contributed by atoms with Crippen LogP contribution >= 0.6 is 11.3 Å². The molecule has 2 amide bonds. The molecule has 0 atom stereocenters. The molecule has 172 valence electrons. The minimum absolute atomic E-state index is 0.221. The Morgan fingerprint density at radius 3 is 2.44 bits per heavy atom. The van der Waals surface area contributed by atoms with Gasteiger partial charge in [-0.25, -0.2) is 4.79 Å². The molecule has 2 N–H and O–H groups in total. The number of nitrogens with zero attached hydrogens (tertiary/aromatic N) is 2. The number of hydrogen-bond acceptors (Lipinski definition) is 6. The summed E-state index contributed by atoms with van der Waals surface area (Å²) in [6.07, 6.45) is 1.64. The van der Waals surface area contributed by atoms with E-state index in [-0.39, 0.29) is 5.91 Å². The third-order valence-corrected chi connectivity index (χ3v) is 5.79. The molecule has 34 heavy (non-hydrogen) atoms. The van der Waals surface area contributed by atoms with Crippen molar-refractivity contribution < 1.29 is 19.1 Å². The van der Waals surface area contributed by atoms with E-state index in [0.717, 1.165) is 10.4 Å². The van der Waals surface area contributed by atoms with E-state index in [2.05, 4.69) is 15.7 Å². The first-order valence-corrected chi connectivity index (χ1v) is 11.4. The number of anilines is 1. The summed E-state index contributed by atoms with van der Waals surface area (Å²) >= 11 is 1.47. The maximum Gasteiger partial charge on any atom is 0.342 e. The van der Waals surface area contributed by atoms with Crippen molar-refractivity contribution in [3.63, 3.8) is 0 Å². The molecule has 0 unspecified atom stereocenters.